The van der Waals surface area contributed by atoms with E-state index in [1.54, 1.807) is 7.11 Å². The second kappa shape index (κ2) is 4.59. The molecule has 0 aliphatic heterocycles. The summed E-state index contributed by atoms with van der Waals surface area (Å²) in [7, 11) is 1.56. The second-order valence-corrected chi connectivity index (χ2v) is 1.28. The molecule has 0 saturated heterocycles. The highest BCUT2D eigenvalue weighted by Crippen LogP contribution is 1.63. The molecule has 0 bridgehead atoms. The number of carbonyl (C=O) groups is 1. The van der Waals surface area contributed by atoms with Crippen LogP contribution < -0.4 is 5.32 Å². The standard InChI is InChI=1S/C5H9NO2/c1-5(7)6-3-4-8-2/h1H,3-4H2,2H3,(H,6,7). The quantitative estimate of drug-likeness (QED) is 0.502. The van der Waals surface area contributed by atoms with Gasteiger partial charge in [-0.25, -0.2) is 0 Å². The van der Waals surface area contributed by atoms with E-state index in [1.807, 2.05) is 0 Å². The first kappa shape index (κ1) is 7.43. The molecule has 0 fully saturated rings. The maximum atomic E-state index is 9.93. The predicted octanol–water partition coefficient (Wildman–Crippen LogP) is -0.540. The van der Waals surface area contributed by atoms with Crippen LogP contribution in [0.1, 0.15) is 0 Å². The molecule has 0 atom stereocenters. The fourth-order valence-electron chi connectivity index (χ4n) is 0.276. The van der Waals surface area contributed by atoms with Crippen molar-refractivity contribution >= 4 is 5.91 Å². The number of nitrogens with one attached hydrogen (secondary N) is 1. The van der Waals surface area contributed by atoms with Crippen LogP contribution in [0.25, 0.3) is 0 Å². The van der Waals surface area contributed by atoms with Crippen molar-refractivity contribution in [1.29, 1.82) is 0 Å². The van der Waals surface area contributed by atoms with Crippen molar-refractivity contribution in [2.45, 2.75) is 0 Å². The monoisotopic (exact) mass is 115 g/mol. The molecule has 0 aromatic heterocycles. The average Bonchev–Trinajstić information content (AvgIpc) is 1.66. The number of amides is 1. The third-order valence-corrected chi connectivity index (χ3v) is 0.605. The van der Waals surface area contributed by atoms with Gasteiger partial charge in [-0.05, 0) is 0 Å². The van der Waals surface area contributed by atoms with Crippen LogP contribution in [-0.2, 0) is 9.53 Å². The fraction of sp³-hybridized carbons (Fsp3) is 0.600. The van der Waals surface area contributed by atoms with Crippen LogP contribution in [0.2, 0.25) is 0 Å². The Morgan fingerprint density at radius 2 is 2.50 bits per heavy atom. The zero-order valence-corrected chi connectivity index (χ0v) is 4.81. The minimum atomic E-state index is -0.512. The second-order valence-electron chi connectivity index (χ2n) is 1.28. The van der Waals surface area contributed by atoms with Gasteiger partial charge in [0.15, 0.2) is 0 Å². The lowest BCUT2D eigenvalue weighted by molar-refractivity contribution is -0.116. The van der Waals surface area contributed by atoms with Crippen LogP contribution in [0, 0.1) is 6.92 Å². The molecule has 0 heterocycles. The van der Waals surface area contributed by atoms with E-state index >= 15 is 0 Å². The molecule has 0 aromatic carbocycles. The summed E-state index contributed by atoms with van der Waals surface area (Å²) in [5.41, 5.74) is 0. The van der Waals surface area contributed by atoms with Gasteiger partial charge in [-0.3, -0.25) is 4.79 Å². The van der Waals surface area contributed by atoms with E-state index in [2.05, 4.69) is 10.1 Å². The highest BCUT2D eigenvalue weighted by atomic mass is 16.5. The van der Waals surface area contributed by atoms with Gasteiger partial charge in [0.1, 0.15) is 0 Å². The van der Waals surface area contributed by atoms with Crippen LogP contribution >= 0.6 is 0 Å². The summed E-state index contributed by atoms with van der Waals surface area (Å²) >= 11 is 0. The van der Waals surface area contributed by atoms with Gasteiger partial charge >= 0.3 is 0 Å². The van der Waals surface area contributed by atoms with E-state index in [9.17, 15) is 4.79 Å². The molecular formula is C5H9NO2. The average molecular weight is 115 g/mol. The van der Waals surface area contributed by atoms with E-state index in [0.29, 0.717) is 13.2 Å². The van der Waals surface area contributed by atoms with Gasteiger partial charge in [0.2, 0.25) is 5.91 Å². The first-order valence-corrected chi connectivity index (χ1v) is 2.29. The SMILES string of the molecule is [CH]C(=O)NCCOC. The Hall–Kier alpha value is -0.570. The molecule has 1 N–H and O–H groups in total. The molecule has 8 heavy (non-hydrogen) atoms. The third kappa shape index (κ3) is 5.43. The van der Waals surface area contributed by atoms with Crippen LogP contribution in [0.4, 0.5) is 0 Å². The topological polar surface area (TPSA) is 38.3 Å². The molecule has 0 spiro atoms. The highest BCUT2D eigenvalue weighted by Gasteiger charge is 1.86. The Morgan fingerprint density at radius 1 is 1.88 bits per heavy atom. The Morgan fingerprint density at radius 3 is 2.88 bits per heavy atom. The number of rotatable bonds is 3. The van der Waals surface area contributed by atoms with Crippen molar-refractivity contribution in [1.82, 2.24) is 5.32 Å². The zero-order valence-electron chi connectivity index (χ0n) is 4.81. The van der Waals surface area contributed by atoms with E-state index in [1.165, 1.54) is 0 Å². The lowest BCUT2D eigenvalue weighted by atomic mass is 10.6. The van der Waals surface area contributed by atoms with E-state index in [0.717, 1.165) is 0 Å². The van der Waals surface area contributed by atoms with Crippen LogP contribution in [0.3, 0.4) is 0 Å². The largest absolute Gasteiger partial charge is 0.383 e. The smallest absolute Gasteiger partial charge is 0.224 e. The Bertz CT molecular complexity index is 72.8. The van der Waals surface area contributed by atoms with Gasteiger partial charge in [0.25, 0.3) is 0 Å². The normalized spacial score (nSPS) is 8.75. The highest BCUT2D eigenvalue weighted by molar-refractivity contribution is 5.79. The number of hydrogen-bond acceptors (Lipinski definition) is 2. The Balaban J connectivity index is 2.82. The molecule has 0 rings (SSSR count). The minimum Gasteiger partial charge on any atom is -0.383 e. The molecule has 0 saturated carbocycles. The maximum absolute atomic E-state index is 9.93. The van der Waals surface area contributed by atoms with Crippen molar-refractivity contribution in [3.05, 3.63) is 6.92 Å². The molecule has 0 aromatic rings. The van der Waals surface area contributed by atoms with Gasteiger partial charge in [-0.1, -0.05) is 0 Å². The first-order valence-electron chi connectivity index (χ1n) is 2.29. The van der Waals surface area contributed by atoms with Gasteiger partial charge < -0.3 is 10.1 Å². The van der Waals surface area contributed by atoms with Crippen molar-refractivity contribution in [3.63, 3.8) is 0 Å². The summed E-state index contributed by atoms with van der Waals surface area (Å²) in [6.45, 7) is 5.71. The first-order chi connectivity index (χ1) is 3.77. The molecule has 0 unspecified atom stereocenters. The van der Waals surface area contributed by atoms with Gasteiger partial charge in [-0.15, -0.1) is 0 Å². The summed E-state index contributed by atoms with van der Waals surface area (Å²) in [4.78, 5) is 9.93. The van der Waals surface area contributed by atoms with E-state index in [-0.39, 0.29) is 0 Å². The van der Waals surface area contributed by atoms with Crippen molar-refractivity contribution in [2.24, 2.45) is 0 Å². The van der Waals surface area contributed by atoms with Gasteiger partial charge in [0.05, 0.1) is 13.5 Å². The Kier molecular flexibility index (Phi) is 4.26. The zero-order chi connectivity index (χ0) is 6.41. The summed E-state index contributed by atoms with van der Waals surface area (Å²) in [5.74, 6) is -0.512. The molecule has 2 radical (unpaired) electrons. The van der Waals surface area contributed by atoms with E-state index in [4.69, 9.17) is 6.92 Å². The number of ether oxygens (including phenoxy) is 1. The lowest BCUT2D eigenvalue weighted by Crippen LogP contribution is -2.23. The molecule has 3 heteroatoms. The van der Waals surface area contributed by atoms with Crippen LogP contribution in [-0.4, -0.2) is 26.2 Å². The molecule has 0 aliphatic carbocycles. The van der Waals surface area contributed by atoms with Crippen LogP contribution in [0.15, 0.2) is 0 Å². The van der Waals surface area contributed by atoms with Crippen molar-refractivity contribution < 1.29 is 9.53 Å². The Labute approximate surface area is 49.0 Å². The molecule has 1 amide bonds. The molecule has 46 valence electrons. The molecular weight excluding hydrogens is 106 g/mol. The third-order valence-electron chi connectivity index (χ3n) is 0.605. The molecule has 0 aliphatic rings. The number of methoxy groups -OCH3 is 1. The summed E-state index contributed by atoms with van der Waals surface area (Å²) < 4.78 is 4.62. The van der Waals surface area contributed by atoms with Crippen molar-refractivity contribution in [3.8, 4) is 0 Å². The van der Waals surface area contributed by atoms with Gasteiger partial charge in [0, 0.05) is 13.7 Å². The lowest BCUT2D eigenvalue weighted by Gasteiger charge is -1.97. The minimum absolute atomic E-state index is 0.478. The number of hydrogen-bond donors (Lipinski definition) is 1. The predicted molar refractivity (Wildman–Crippen MR) is 29.2 cm³/mol. The molecule has 3 nitrogen and oxygen atoms in total. The fourth-order valence-corrected chi connectivity index (χ4v) is 0.276. The van der Waals surface area contributed by atoms with Crippen LogP contribution in [0.5, 0.6) is 0 Å². The summed E-state index contributed by atoms with van der Waals surface area (Å²) in [6, 6.07) is 0. The summed E-state index contributed by atoms with van der Waals surface area (Å²) in [5, 5.41) is 2.36. The summed E-state index contributed by atoms with van der Waals surface area (Å²) in [6.07, 6.45) is 0. The maximum Gasteiger partial charge on any atom is 0.224 e. The number of carbonyl (C=O) groups excluding carboxylic acids is 1. The van der Waals surface area contributed by atoms with Gasteiger partial charge in [-0.2, -0.15) is 0 Å². The van der Waals surface area contributed by atoms with Crippen molar-refractivity contribution in [2.75, 3.05) is 20.3 Å². The van der Waals surface area contributed by atoms with E-state index < -0.39 is 5.91 Å².